The van der Waals surface area contributed by atoms with Crippen LogP contribution in [-0.2, 0) is 25.6 Å². The van der Waals surface area contributed by atoms with Crippen LogP contribution in [0.2, 0.25) is 0 Å². The van der Waals surface area contributed by atoms with Crippen molar-refractivity contribution in [3.63, 3.8) is 0 Å². The molecule has 0 aliphatic rings. The molecule has 1 aromatic rings. The van der Waals surface area contributed by atoms with Gasteiger partial charge in [0, 0.05) is 24.9 Å². The summed E-state index contributed by atoms with van der Waals surface area (Å²) >= 11 is 0. The Labute approximate surface area is 222 Å². The number of nitrogens with two attached hydrogens (primary N) is 4. The van der Waals surface area contributed by atoms with Crippen LogP contribution in [0.3, 0.4) is 0 Å². The molecule has 15 heteroatoms. The van der Waals surface area contributed by atoms with Gasteiger partial charge in [-0.1, -0.05) is 13.8 Å². The van der Waals surface area contributed by atoms with Gasteiger partial charge in [-0.3, -0.25) is 19.4 Å². The lowest BCUT2D eigenvalue weighted by molar-refractivity contribution is -0.142. The molecule has 1 heterocycles. The van der Waals surface area contributed by atoms with Gasteiger partial charge in [-0.25, -0.2) is 9.78 Å². The van der Waals surface area contributed by atoms with Crippen molar-refractivity contribution in [1.82, 2.24) is 25.9 Å². The number of hydrogen-bond acceptors (Lipinski definition) is 8. The highest BCUT2D eigenvalue weighted by atomic mass is 16.4. The molecule has 0 fully saturated rings. The van der Waals surface area contributed by atoms with Crippen LogP contribution in [0.25, 0.3) is 0 Å². The Morgan fingerprint density at radius 3 is 2.24 bits per heavy atom. The minimum absolute atomic E-state index is 0.0571. The maximum atomic E-state index is 13.3. The fraction of sp³-hybridized carbons (Fsp3) is 0.652. The second-order valence-electron chi connectivity index (χ2n) is 9.31. The number of amides is 3. The Bertz CT molecular complexity index is 918. The van der Waals surface area contributed by atoms with Crippen molar-refractivity contribution < 1.29 is 24.3 Å². The molecule has 3 amide bonds. The Balaban J connectivity index is 2.93. The Kier molecular flexibility index (Phi) is 14.4. The van der Waals surface area contributed by atoms with E-state index in [0.29, 0.717) is 38.0 Å². The van der Waals surface area contributed by atoms with Crippen molar-refractivity contribution in [3.05, 3.63) is 18.2 Å². The second kappa shape index (κ2) is 16.9. The molecule has 0 aromatic carbocycles. The number of nitrogens with zero attached hydrogens (tertiary/aromatic N) is 2. The van der Waals surface area contributed by atoms with Gasteiger partial charge in [-0.05, 0) is 44.6 Å². The molecule has 1 aromatic heterocycles. The Morgan fingerprint density at radius 2 is 1.68 bits per heavy atom. The van der Waals surface area contributed by atoms with Gasteiger partial charge in [-0.15, -0.1) is 0 Å². The van der Waals surface area contributed by atoms with E-state index in [9.17, 15) is 24.3 Å². The maximum absolute atomic E-state index is 13.3. The Morgan fingerprint density at radius 1 is 1.00 bits per heavy atom. The lowest BCUT2D eigenvalue weighted by Gasteiger charge is -2.27. The summed E-state index contributed by atoms with van der Waals surface area (Å²) in [6.07, 6.45) is 5.08. The number of guanidine groups is 1. The van der Waals surface area contributed by atoms with E-state index in [-0.39, 0.29) is 31.1 Å². The summed E-state index contributed by atoms with van der Waals surface area (Å²) in [6, 6.07) is -4.17. The third-order valence-electron chi connectivity index (χ3n) is 5.72. The third kappa shape index (κ3) is 12.0. The molecule has 38 heavy (non-hydrogen) atoms. The average molecular weight is 539 g/mol. The molecule has 0 saturated carbocycles. The van der Waals surface area contributed by atoms with Gasteiger partial charge in [0.15, 0.2) is 5.96 Å². The second-order valence-corrected chi connectivity index (χ2v) is 9.31. The molecule has 0 radical (unpaired) electrons. The highest BCUT2D eigenvalue weighted by Gasteiger charge is 2.32. The number of carboxylic acid groups (broad SMARTS) is 1. The van der Waals surface area contributed by atoms with E-state index in [1.807, 2.05) is 0 Å². The van der Waals surface area contributed by atoms with Crippen LogP contribution in [0.15, 0.2) is 17.5 Å². The summed E-state index contributed by atoms with van der Waals surface area (Å²) in [5, 5.41) is 17.3. The van der Waals surface area contributed by atoms with E-state index >= 15 is 0 Å². The van der Waals surface area contributed by atoms with Crippen LogP contribution >= 0.6 is 0 Å². The molecule has 0 aliphatic carbocycles. The molecular formula is C23H42N10O5. The van der Waals surface area contributed by atoms with Crippen molar-refractivity contribution in [2.45, 2.75) is 76.5 Å². The maximum Gasteiger partial charge on any atom is 0.326 e. The van der Waals surface area contributed by atoms with Crippen LogP contribution in [0.4, 0.5) is 0 Å². The van der Waals surface area contributed by atoms with E-state index in [2.05, 4.69) is 30.9 Å². The molecule has 214 valence electrons. The van der Waals surface area contributed by atoms with Gasteiger partial charge in [0.05, 0.1) is 12.4 Å². The normalized spacial score (nSPS) is 14.1. The van der Waals surface area contributed by atoms with Crippen molar-refractivity contribution in [2.75, 3.05) is 13.1 Å². The predicted octanol–water partition coefficient (Wildman–Crippen LogP) is -2.34. The lowest BCUT2D eigenvalue weighted by Crippen LogP contribution is -2.59. The van der Waals surface area contributed by atoms with Crippen LogP contribution in [0.1, 0.15) is 51.6 Å². The fourth-order valence-electron chi connectivity index (χ4n) is 3.56. The number of carbonyl (C=O) groups excluding carboxylic acids is 3. The van der Waals surface area contributed by atoms with Gasteiger partial charge in [0.2, 0.25) is 17.7 Å². The van der Waals surface area contributed by atoms with Crippen molar-refractivity contribution in [3.8, 4) is 0 Å². The van der Waals surface area contributed by atoms with Crippen LogP contribution in [-0.4, -0.2) is 82.0 Å². The number of aliphatic imine (C=N–C) groups is 1. The molecular weight excluding hydrogens is 496 g/mol. The largest absolute Gasteiger partial charge is 0.480 e. The minimum atomic E-state index is -1.18. The molecule has 4 atom stereocenters. The standard InChI is InChI=1S/C23H42N10O5/c1-13(2)18(21(36)31-16(22(37)38)7-3-4-8-24)33-20(35)17(10-14-11-28-12-30-14)32-19(34)15(25)6-5-9-29-23(26)27/h11-13,15-18H,3-10,24-25H2,1-2H3,(H,28,30)(H,31,36)(H,32,34)(H,33,35)(H,37,38)(H4,26,27,29). The summed E-state index contributed by atoms with van der Waals surface area (Å²) in [5.41, 5.74) is 22.6. The highest BCUT2D eigenvalue weighted by Crippen LogP contribution is 2.08. The van der Waals surface area contributed by atoms with Crippen molar-refractivity contribution >= 4 is 29.7 Å². The first-order chi connectivity index (χ1) is 18.0. The molecule has 4 unspecified atom stereocenters. The first-order valence-electron chi connectivity index (χ1n) is 12.6. The van der Waals surface area contributed by atoms with Crippen molar-refractivity contribution in [2.24, 2.45) is 33.8 Å². The van der Waals surface area contributed by atoms with Gasteiger partial charge in [0.25, 0.3) is 0 Å². The SMILES string of the molecule is CC(C)C(NC(=O)C(Cc1cnc[nH]1)NC(=O)C(N)CCCN=C(N)N)C(=O)NC(CCCCN)C(=O)O. The molecule has 0 bridgehead atoms. The van der Waals surface area contributed by atoms with E-state index in [4.69, 9.17) is 22.9 Å². The van der Waals surface area contributed by atoms with E-state index in [1.54, 1.807) is 13.8 Å². The van der Waals surface area contributed by atoms with Crippen LogP contribution in [0.5, 0.6) is 0 Å². The molecule has 1 rings (SSSR count). The number of rotatable bonds is 18. The van der Waals surface area contributed by atoms with E-state index < -0.39 is 47.9 Å². The van der Waals surface area contributed by atoms with Crippen molar-refractivity contribution in [1.29, 1.82) is 0 Å². The number of aromatic amines is 1. The van der Waals surface area contributed by atoms with Gasteiger partial charge in [-0.2, -0.15) is 0 Å². The third-order valence-corrected chi connectivity index (χ3v) is 5.72. The summed E-state index contributed by atoms with van der Waals surface area (Å²) in [7, 11) is 0. The molecule has 0 spiro atoms. The summed E-state index contributed by atoms with van der Waals surface area (Å²) in [5.74, 6) is -3.46. The predicted molar refractivity (Wildman–Crippen MR) is 141 cm³/mol. The lowest BCUT2D eigenvalue weighted by atomic mass is 10.0. The highest BCUT2D eigenvalue weighted by molar-refractivity contribution is 5.94. The number of aromatic nitrogens is 2. The van der Waals surface area contributed by atoms with E-state index in [0.717, 1.165) is 0 Å². The zero-order valence-electron chi connectivity index (χ0n) is 22.0. The molecule has 0 aliphatic heterocycles. The summed E-state index contributed by atoms with van der Waals surface area (Å²) in [6.45, 7) is 4.14. The zero-order chi connectivity index (χ0) is 28.7. The molecule has 13 N–H and O–H groups in total. The number of H-pyrrole nitrogens is 1. The number of hydrogen-bond donors (Lipinski definition) is 9. The van der Waals surface area contributed by atoms with Gasteiger partial charge < -0.3 is 49.0 Å². The number of unbranched alkanes of at least 4 members (excludes halogenated alkanes) is 1. The Hall–Kier alpha value is -3.72. The van der Waals surface area contributed by atoms with Crippen LogP contribution < -0.4 is 38.9 Å². The van der Waals surface area contributed by atoms with Gasteiger partial charge >= 0.3 is 5.97 Å². The monoisotopic (exact) mass is 538 g/mol. The smallest absolute Gasteiger partial charge is 0.326 e. The zero-order valence-corrected chi connectivity index (χ0v) is 22.0. The van der Waals surface area contributed by atoms with Crippen LogP contribution in [0, 0.1) is 5.92 Å². The van der Waals surface area contributed by atoms with Gasteiger partial charge in [0.1, 0.15) is 18.1 Å². The molecule has 15 nitrogen and oxygen atoms in total. The number of carboxylic acids is 1. The number of imidazole rings is 1. The summed E-state index contributed by atoms with van der Waals surface area (Å²) < 4.78 is 0. The molecule has 0 saturated heterocycles. The quantitative estimate of drug-likeness (QED) is 0.0545. The number of carbonyl (C=O) groups is 4. The first-order valence-corrected chi connectivity index (χ1v) is 12.6. The minimum Gasteiger partial charge on any atom is -0.480 e. The first kappa shape index (κ1) is 32.3. The number of nitrogens with one attached hydrogen (secondary N) is 4. The summed E-state index contributed by atoms with van der Waals surface area (Å²) in [4.78, 5) is 61.2. The average Bonchev–Trinajstić information content (AvgIpc) is 3.36. The fourth-order valence-corrected chi connectivity index (χ4v) is 3.56. The number of aliphatic carboxylic acids is 1. The van der Waals surface area contributed by atoms with E-state index in [1.165, 1.54) is 12.5 Å². The topological polar surface area (TPSA) is 270 Å².